The average molecular weight is 285 g/mol. The third-order valence-corrected chi connectivity index (χ3v) is 5.11. The SMILES string of the molecule is CCC(C)(C)NS(=O)(=O)c1cccc2nsnc12. The largest absolute Gasteiger partial charge is 0.243 e. The molecule has 18 heavy (non-hydrogen) atoms. The minimum atomic E-state index is -3.57. The molecular formula is C11H15N3O2S2. The first-order chi connectivity index (χ1) is 8.36. The number of benzene rings is 1. The van der Waals surface area contributed by atoms with Crippen molar-refractivity contribution in [2.75, 3.05) is 0 Å². The van der Waals surface area contributed by atoms with Gasteiger partial charge in [-0.2, -0.15) is 8.75 Å². The summed E-state index contributed by atoms with van der Waals surface area (Å²) >= 11 is 1.01. The Morgan fingerprint density at radius 1 is 1.33 bits per heavy atom. The fraction of sp³-hybridized carbons (Fsp3) is 0.455. The molecule has 0 aliphatic rings. The van der Waals surface area contributed by atoms with Crippen molar-refractivity contribution >= 4 is 32.8 Å². The standard InChI is InChI=1S/C11H15N3O2S2/c1-4-11(2,3)14-18(15,16)9-7-5-6-8-10(9)13-17-12-8/h5-7,14H,4H2,1-3H3. The molecule has 0 amide bonds. The summed E-state index contributed by atoms with van der Waals surface area (Å²) < 4.78 is 35.5. The van der Waals surface area contributed by atoms with E-state index >= 15 is 0 Å². The predicted molar refractivity (Wildman–Crippen MR) is 72.1 cm³/mol. The van der Waals surface area contributed by atoms with Gasteiger partial charge in [-0.3, -0.25) is 0 Å². The third-order valence-electron chi connectivity index (χ3n) is 2.83. The normalized spacial score (nSPS) is 13.1. The molecule has 2 aromatic rings. The first-order valence-electron chi connectivity index (χ1n) is 5.61. The maximum absolute atomic E-state index is 12.3. The van der Waals surface area contributed by atoms with Gasteiger partial charge in [-0.1, -0.05) is 13.0 Å². The van der Waals surface area contributed by atoms with Gasteiger partial charge in [-0.15, -0.1) is 0 Å². The second-order valence-corrected chi connectivity index (χ2v) is 6.91. The van der Waals surface area contributed by atoms with Crippen LogP contribution in [-0.2, 0) is 10.0 Å². The Morgan fingerprint density at radius 2 is 2.06 bits per heavy atom. The molecule has 0 unspecified atom stereocenters. The van der Waals surface area contributed by atoms with Crippen molar-refractivity contribution in [3.63, 3.8) is 0 Å². The van der Waals surface area contributed by atoms with E-state index in [4.69, 9.17) is 0 Å². The van der Waals surface area contributed by atoms with Gasteiger partial charge >= 0.3 is 0 Å². The van der Waals surface area contributed by atoms with E-state index in [9.17, 15) is 8.42 Å². The summed E-state index contributed by atoms with van der Waals surface area (Å²) in [6, 6.07) is 4.98. The third kappa shape index (κ3) is 2.52. The Morgan fingerprint density at radius 3 is 2.72 bits per heavy atom. The molecule has 7 heteroatoms. The lowest BCUT2D eigenvalue weighted by Crippen LogP contribution is -2.42. The van der Waals surface area contributed by atoms with Crippen LogP contribution in [0.15, 0.2) is 23.1 Å². The number of sulfonamides is 1. The Kier molecular flexibility index (Phi) is 3.39. The van der Waals surface area contributed by atoms with E-state index in [1.165, 1.54) is 0 Å². The number of nitrogens with zero attached hydrogens (tertiary/aromatic N) is 2. The van der Waals surface area contributed by atoms with Gasteiger partial charge in [0.25, 0.3) is 0 Å². The lowest BCUT2D eigenvalue weighted by molar-refractivity contribution is 0.440. The number of hydrogen-bond acceptors (Lipinski definition) is 5. The summed E-state index contributed by atoms with van der Waals surface area (Å²) in [6.45, 7) is 5.64. The zero-order chi connectivity index (χ0) is 13.4. The van der Waals surface area contributed by atoms with Crippen molar-refractivity contribution in [3.8, 4) is 0 Å². The summed E-state index contributed by atoms with van der Waals surface area (Å²) in [4.78, 5) is 0.190. The predicted octanol–water partition coefficient (Wildman–Crippen LogP) is 2.16. The molecule has 0 saturated heterocycles. The Hall–Kier alpha value is -1.05. The van der Waals surface area contributed by atoms with Gasteiger partial charge in [0.1, 0.15) is 15.9 Å². The van der Waals surface area contributed by atoms with E-state index in [1.807, 2.05) is 20.8 Å². The molecule has 1 heterocycles. The molecule has 5 nitrogen and oxygen atoms in total. The fourth-order valence-corrected chi connectivity index (χ4v) is 3.74. The van der Waals surface area contributed by atoms with Crippen LogP contribution in [0.3, 0.4) is 0 Å². The van der Waals surface area contributed by atoms with Crippen LogP contribution < -0.4 is 4.72 Å². The van der Waals surface area contributed by atoms with E-state index in [2.05, 4.69) is 13.5 Å². The lowest BCUT2D eigenvalue weighted by atomic mass is 10.0. The Bertz CT molecular complexity index is 662. The molecular weight excluding hydrogens is 270 g/mol. The van der Waals surface area contributed by atoms with Crippen molar-refractivity contribution in [1.82, 2.24) is 13.5 Å². The second kappa shape index (κ2) is 4.56. The molecule has 0 radical (unpaired) electrons. The highest BCUT2D eigenvalue weighted by atomic mass is 32.2. The van der Waals surface area contributed by atoms with E-state index in [0.717, 1.165) is 11.7 Å². The van der Waals surface area contributed by atoms with Crippen LogP contribution in [0.1, 0.15) is 27.2 Å². The maximum Gasteiger partial charge on any atom is 0.243 e. The van der Waals surface area contributed by atoms with E-state index in [0.29, 0.717) is 17.5 Å². The monoisotopic (exact) mass is 285 g/mol. The first-order valence-corrected chi connectivity index (χ1v) is 7.82. The van der Waals surface area contributed by atoms with Gasteiger partial charge in [-0.25, -0.2) is 13.1 Å². The smallest absolute Gasteiger partial charge is 0.207 e. The van der Waals surface area contributed by atoms with E-state index in [1.54, 1.807) is 18.2 Å². The van der Waals surface area contributed by atoms with Crippen LogP contribution in [0.5, 0.6) is 0 Å². The molecule has 0 aliphatic carbocycles. The Balaban J connectivity index is 2.51. The average Bonchev–Trinajstić information content (AvgIpc) is 2.75. The number of aromatic nitrogens is 2. The van der Waals surface area contributed by atoms with E-state index < -0.39 is 15.6 Å². The summed E-state index contributed by atoms with van der Waals surface area (Å²) in [7, 11) is -3.57. The number of hydrogen-bond donors (Lipinski definition) is 1. The molecule has 0 fully saturated rings. The van der Waals surface area contributed by atoms with Crippen molar-refractivity contribution < 1.29 is 8.42 Å². The highest BCUT2D eigenvalue weighted by Crippen LogP contribution is 2.22. The molecule has 0 bridgehead atoms. The molecule has 1 N–H and O–H groups in total. The maximum atomic E-state index is 12.3. The lowest BCUT2D eigenvalue weighted by Gasteiger charge is -2.24. The van der Waals surface area contributed by atoms with Crippen molar-refractivity contribution in [3.05, 3.63) is 18.2 Å². The minimum absolute atomic E-state index is 0.190. The molecule has 0 aliphatic heterocycles. The molecule has 1 aromatic carbocycles. The van der Waals surface area contributed by atoms with Gasteiger partial charge < -0.3 is 0 Å². The van der Waals surface area contributed by atoms with Crippen LogP contribution in [0.2, 0.25) is 0 Å². The molecule has 98 valence electrons. The zero-order valence-corrected chi connectivity index (χ0v) is 12.1. The minimum Gasteiger partial charge on any atom is -0.207 e. The highest BCUT2D eigenvalue weighted by molar-refractivity contribution is 7.89. The molecule has 0 saturated carbocycles. The summed E-state index contributed by atoms with van der Waals surface area (Å²) in [5.41, 5.74) is 0.559. The summed E-state index contributed by atoms with van der Waals surface area (Å²) in [6.07, 6.45) is 0.706. The van der Waals surface area contributed by atoms with Crippen molar-refractivity contribution in [2.24, 2.45) is 0 Å². The van der Waals surface area contributed by atoms with Crippen LogP contribution in [-0.4, -0.2) is 22.7 Å². The molecule has 2 rings (SSSR count). The van der Waals surface area contributed by atoms with Crippen LogP contribution >= 0.6 is 11.7 Å². The van der Waals surface area contributed by atoms with Gasteiger partial charge in [0, 0.05) is 5.54 Å². The van der Waals surface area contributed by atoms with Gasteiger partial charge in [0.05, 0.1) is 11.7 Å². The quantitative estimate of drug-likeness (QED) is 0.934. The van der Waals surface area contributed by atoms with Gasteiger partial charge in [0.15, 0.2) is 0 Å². The van der Waals surface area contributed by atoms with Crippen LogP contribution in [0.4, 0.5) is 0 Å². The topological polar surface area (TPSA) is 72.0 Å². The van der Waals surface area contributed by atoms with Crippen LogP contribution in [0.25, 0.3) is 11.0 Å². The Labute approximate surface area is 111 Å². The number of rotatable bonds is 4. The van der Waals surface area contributed by atoms with E-state index in [-0.39, 0.29) is 4.90 Å². The fourth-order valence-electron chi connectivity index (χ4n) is 1.49. The highest BCUT2D eigenvalue weighted by Gasteiger charge is 2.26. The second-order valence-electron chi connectivity index (χ2n) is 4.73. The zero-order valence-electron chi connectivity index (χ0n) is 10.5. The summed E-state index contributed by atoms with van der Waals surface area (Å²) in [5, 5.41) is 0. The van der Waals surface area contributed by atoms with Crippen molar-refractivity contribution in [2.45, 2.75) is 37.6 Å². The number of fused-ring (bicyclic) bond motifs is 1. The first kappa shape index (κ1) is 13.4. The van der Waals surface area contributed by atoms with Crippen molar-refractivity contribution in [1.29, 1.82) is 0 Å². The summed E-state index contributed by atoms with van der Waals surface area (Å²) in [5.74, 6) is 0. The molecule has 1 aromatic heterocycles. The number of nitrogens with one attached hydrogen (secondary N) is 1. The molecule has 0 spiro atoms. The van der Waals surface area contributed by atoms with Gasteiger partial charge in [0.2, 0.25) is 10.0 Å². The molecule has 0 atom stereocenters. The van der Waals surface area contributed by atoms with Crippen LogP contribution in [0, 0.1) is 0 Å². The van der Waals surface area contributed by atoms with Gasteiger partial charge in [-0.05, 0) is 32.4 Å².